The minimum atomic E-state index is -1.07. The second-order valence-corrected chi connectivity index (χ2v) is 7.74. The van der Waals surface area contributed by atoms with Crippen molar-refractivity contribution < 1.29 is 14.7 Å². The Morgan fingerprint density at radius 2 is 1.85 bits per heavy atom. The van der Waals surface area contributed by atoms with Crippen molar-refractivity contribution in [3.63, 3.8) is 0 Å². The van der Waals surface area contributed by atoms with Gasteiger partial charge in [0.25, 0.3) is 0 Å². The minimum absolute atomic E-state index is 0.00215. The second-order valence-electron chi connectivity index (χ2n) is 6.82. The van der Waals surface area contributed by atoms with E-state index in [9.17, 15) is 14.7 Å². The summed E-state index contributed by atoms with van der Waals surface area (Å²) in [6.07, 6.45) is 0.00215. The number of hydrogen-bond donors (Lipinski definition) is 3. The number of H-pyrrole nitrogens is 1. The molecule has 0 aliphatic heterocycles. The van der Waals surface area contributed by atoms with E-state index in [0.717, 1.165) is 15.4 Å². The smallest absolute Gasteiger partial charge is 0.352 e. The van der Waals surface area contributed by atoms with Gasteiger partial charge >= 0.3 is 5.97 Å². The molecule has 0 spiro atoms. The van der Waals surface area contributed by atoms with E-state index in [2.05, 4.69) is 52.2 Å². The summed E-state index contributed by atoms with van der Waals surface area (Å²) in [5, 5.41) is 13.1. The van der Waals surface area contributed by atoms with Gasteiger partial charge in [-0.05, 0) is 35.2 Å². The summed E-state index contributed by atoms with van der Waals surface area (Å²) < 4.78 is 0.831. The Balaban J connectivity index is 1.74. The number of halogens is 1. The monoisotopic (exact) mass is 428 g/mol. The Morgan fingerprint density at radius 3 is 2.48 bits per heavy atom. The van der Waals surface area contributed by atoms with E-state index in [0.29, 0.717) is 23.5 Å². The topological polar surface area (TPSA) is 82.2 Å². The Hall–Kier alpha value is -2.60. The molecule has 6 heteroatoms. The summed E-state index contributed by atoms with van der Waals surface area (Å²) in [7, 11) is 0. The Kier molecular flexibility index (Phi) is 5.65. The molecule has 1 aromatic heterocycles. The summed E-state index contributed by atoms with van der Waals surface area (Å²) in [5.74, 6) is -0.829. The van der Waals surface area contributed by atoms with Crippen LogP contribution in [-0.4, -0.2) is 22.0 Å². The van der Waals surface area contributed by atoms with Gasteiger partial charge in [-0.3, -0.25) is 4.79 Å². The highest BCUT2D eigenvalue weighted by molar-refractivity contribution is 9.10. The molecule has 1 heterocycles. The predicted molar refractivity (Wildman–Crippen MR) is 109 cm³/mol. The van der Waals surface area contributed by atoms with Crippen LogP contribution in [0, 0.1) is 0 Å². The van der Waals surface area contributed by atoms with Gasteiger partial charge in [0.1, 0.15) is 5.69 Å². The predicted octanol–water partition coefficient (Wildman–Crippen LogP) is 4.61. The lowest BCUT2D eigenvalue weighted by Gasteiger charge is -2.09. The lowest BCUT2D eigenvalue weighted by molar-refractivity contribution is -0.120. The molecular formula is C21H21BrN2O3. The maximum Gasteiger partial charge on any atom is 0.352 e. The molecule has 3 N–H and O–H groups in total. The number of aromatic nitrogens is 1. The lowest BCUT2D eigenvalue weighted by atomic mass is 10.0. The number of nitrogens with one attached hydrogen (secondary N) is 2. The number of hydrogen-bond acceptors (Lipinski definition) is 2. The highest BCUT2D eigenvalue weighted by atomic mass is 79.9. The van der Waals surface area contributed by atoms with Crippen LogP contribution < -0.4 is 5.32 Å². The Labute approximate surface area is 165 Å². The van der Waals surface area contributed by atoms with Crippen molar-refractivity contribution >= 4 is 38.7 Å². The molecule has 27 heavy (non-hydrogen) atoms. The van der Waals surface area contributed by atoms with E-state index in [1.54, 1.807) is 6.07 Å². The van der Waals surface area contributed by atoms with Crippen molar-refractivity contribution in [3.05, 3.63) is 69.3 Å². The molecular weight excluding hydrogens is 408 g/mol. The minimum Gasteiger partial charge on any atom is -0.477 e. The summed E-state index contributed by atoms with van der Waals surface area (Å²) in [5.41, 5.74) is 3.50. The van der Waals surface area contributed by atoms with Crippen LogP contribution >= 0.6 is 15.9 Å². The number of aromatic amines is 1. The fraction of sp³-hybridized carbons (Fsp3) is 0.238. The standard InChI is InChI=1S/C21H21BrN2O3/c1-12(2)14-5-3-13(4-6-14)11-23-19(25)10-17-16-9-15(22)7-8-18(16)24-20(17)21(26)27/h3-9,12,24H,10-11H2,1-2H3,(H,23,25)(H,26,27). The van der Waals surface area contributed by atoms with Gasteiger partial charge in [-0.25, -0.2) is 4.79 Å². The van der Waals surface area contributed by atoms with Crippen molar-refractivity contribution in [2.75, 3.05) is 0 Å². The van der Waals surface area contributed by atoms with E-state index < -0.39 is 5.97 Å². The molecule has 140 valence electrons. The van der Waals surface area contributed by atoms with Gasteiger partial charge in [0.15, 0.2) is 0 Å². The van der Waals surface area contributed by atoms with Gasteiger partial charge in [0.2, 0.25) is 5.91 Å². The van der Waals surface area contributed by atoms with Crippen molar-refractivity contribution in [2.45, 2.75) is 32.7 Å². The quantitative estimate of drug-likeness (QED) is 0.535. The van der Waals surface area contributed by atoms with Crippen LogP contribution in [0.3, 0.4) is 0 Å². The molecule has 3 rings (SSSR count). The second kappa shape index (κ2) is 7.96. The largest absolute Gasteiger partial charge is 0.477 e. The molecule has 0 aliphatic rings. The number of aromatic carboxylic acids is 1. The van der Waals surface area contributed by atoms with E-state index in [1.165, 1.54) is 5.56 Å². The maximum atomic E-state index is 12.4. The summed E-state index contributed by atoms with van der Waals surface area (Å²) in [6.45, 7) is 4.68. The summed E-state index contributed by atoms with van der Waals surface area (Å²) in [4.78, 5) is 26.9. The van der Waals surface area contributed by atoms with E-state index in [1.807, 2.05) is 24.3 Å². The number of rotatable bonds is 6. The van der Waals surface area contributed by atoms with E-state index in [-0.39, 0.29) is 18.0 Å². The van der Waals surface area contributed by atoms with Crippen molar-refractivity contribution in [1.29, 1.82) is 0 Å². The van der Waals surface area contributed by atoms with Crippen LogP contribution in [0.5, 0.6) is 0 Å². The Morgan fingerprint density at radius 1 is 1.15 bits per heavy atom. The van der Waals surface area contributed by atoms with Gasteiger partial charge in [0.05, 0.1) is 6.42 Å². The fourth-order valence-corrected chi connectivity index (χ4v) is 3.39. The molecule has 0 bridgehead atoms. The zero-order valence-electron chi connectivity index (χ0n) is 15.2. The zero-order valence-corrected chi connectivity index (χ0v) is 16.8. The van der Waals surface area contributed by atoms with Crippen molar-refractivity contribution in [3.8, 4) is 0 Å². The highest BCUT2D eigenvalue weighted by Gasteiger charge is 2.19. The van der Waals surface area contributed by atoms with E-state index in [4.69, 9.17) is 0 Å². The molecule has 0 saturated heterocycles. The average molecular weight is 429 g/mol. The van der Waals surface area contributed by atoms with Gasteiger partial charge in [-0.1, -0.05) is 54.0 Å². The highest BCUT2D eigenvalue weighted by Crippen LogP contribution is 2.26. The third-order valence-corrected chi connectivity index (χ3v) is 5.05. The molecule has 0 unspecified atom stereocenters. The van der Waals surface area contributed by atoms with Crippen LogP contribution in [0.25, 0.3) is 10.9 Å². The first-order chi connectivity index (χ1) is 12.8. The third kappa shape index (κ3) is 4.39. The molecule has 2 aromatic carbocycles. The molecule has 0 atom stereocenters. The molecule has 0 saturated carbocycles. The molecule has 0 radical (unpaired) electrons. The molecule has 1 amide bonds. The number of carbonyl (C=O) groups excluding carboxylic acids is 1. The van der Waals surface area contributed by atoms with Gasteiger partial charge < -0.3 is 15.4 Å². The van der Waals surface area contributed by atoms with Crippen LogP contribution in [0.2, 0.25) is 0 Å². The number of benzene rings is 2. The first-order valence-electron chi connectivity index (χ1n) is 8.74. The summed E-state index contributed by atoms with van der Waals surface area (Å²) >= 11 is 3.39. The van der Waals surface area contributed by atoms with Gasteiger partial charge in [0, 0.05) is 27.5 Å². The van der Waals surface area contributed by atoms with Crippen LogP contribution in [0.1, 0.15) is 46.9 Å². The average Bonchev–Trinajstić information content (AvgIpc) is 2.98. The fourth-order valence-electron chi connectivity index (χ4n) is 3.03. The molecule has 0 aliphatic carbocycles. The lowest BCUT2D eigenvalue weighted by Crippen LogP contribution is -2.25. The van der Waals surface area contributed by atoms with Crippen LogP contribution in [0.4, 0.5) is 0 Å². The number of carbonyl (C=O) groups is 2. The SMILES string of the molecule is CC(C)c1ccc(CNC(=O)Cc2c(C(=O)O)[nH]c3ccc(Br)cc23)cc1. The molecule has 5 nitrogen and oxygen atoms in total. The van der Waals surface area contributed by atoms with Crippen molar-refractivity contribution in [2.24, 2.45) is 0 Å². The first-order valence-corrected chi connectivity index (χ1v) is 9.53. The van der Waals surface area contributed by atoms with Crippen LogP contribution in [0.15, 0.2) is 46.9 Å². The number of carboxylic acid groups (broad SMARTS) is 1. The first kappa shape index (κ1) is 19.2. The zero-order chi connectivity index (χ0) is 19.6. The molecule has 3 aromatic rings. The number of carboxylic acids is 1. The summed E-state index contributed by atoms with van der Waals surface area (Å²) in [6, 6.07) is 13.6. The third-order valence-electron chi connectivity index (χ3n) is 4.56. The van der Waals surface area contributed by atoms with Crippen LogP contribution in [-0.2, 0) is 17.8 Å². The van der Waals surface area contributed by atoms with Gasteiger partial charge in [-0.2, -0.15) is 0 Å². The van der Waals surface area contributed by atoms with Gasteiger partial charge in [-0.15, -0.1) is 0 Å². The van der Waals surface area contributed by atoms with E-state index >= 15 is 0 Å². The van der Waals surface area contributed by atoms with Crippen molar-refractivity contribution in [1.82, 2.24) is 10.3 Å². The Bertz CT molecular complexity index is 991. The maximum absolute atomic E-state index is 12.4. The normalized spacial score (nSPS) is 11.1. The number of amides is 1. The number of fused-ring (bicyclic) bond motifs is 1. The molecule has 0 fully saturated rings.